The minimum Gasteiger partial charge on any atom is -0.361 e. The van der Waals surface area contributed by atoms with E-state index < -0.39 is 17.9 Å². The first kappa shape index (κ1) is 18.0. The third-order valence-corrected chi connectivity index (χ3v) is 4.37. The molecular weight excluding hydrogens is 354 g/mol. The highest BCUT2D eigenvalue weighted by atomic mass is 35.5. The van der Waals surface area contributed by atoms with Gasteiger partial charge in [0.15, 0.2) is 0 Å². The Morgan fingerprint density at radius 1 is 1.15 bits per heavy atom. The summed E-state index contributed by atoms with van der Waals surface area (Å²) in [5.41, 5.74) is 4.47. The Morgan fingerprint density at radius 2 is 1.88 bits per heavy atom. The maximum atomic E-state index is 12.6. The highest BCUT2D eigenvalue weighted by molar-refractivity contribution is 6.33. The number of aromatic nitrogens is 1. The molecule has 0 aliphatic carbocycles. The maximum absolute atomic E-state index is 12.6. The van der Waals surface area contributed by atoms with Crippen LogP contribution in [0.4, 0.5) is 0 Å². The van der Waals surface area contributed by atoms with E-state index in [1.807, 2.05) is 30.5 Å². The summed E-state index contributed by atoms with van der Waals surface area (Å²) in [5.74, 6) is -0.870. The second-order valence-electron chi connectivity index (χ2n) is 5.74. The van der Waals surface area contributed by atoms with Gasteiger partial charge in [-0.1, -0.05) is 41.9 Å². The maximum Gasteiger partial charge on any atom is 0.266 e. The van der Waals surface area contributed by atoms with Crippen molar-refractivity contribution in [3.05, 3.63) is 70.9 Å². The van der Waals surface area contributed by atoms with Crippen LogP contribution >= 0.6 is 11.6 Å². The molecule has 2 aromatic carbocycles. The summed E-state index contributed by atoms with van der Waals surface area (Å²) in [6.45, 7) is 0. The summed E-state index contributed by atoms with van der Waals surface area (Å²) in [6, 6.07) is 13.6. The summed E-state index contributed by atoms with van der Waals surface area (Å²) in [7, 11) is 1.34. The van der Waals surface area contributed by atoms with Crippen LogP contribution in [-0.2, 0) is 16.1 Å². The number of hydrogen-bond acceptors (Lipinski definition) is 3. The fourth-order valence-corrected chi connectivity index (χ4v) is 3.00. The highest BCUT2D eigenvalue weighted by Crippen LogP contribution is 2.20. The van der Waals surface area contributed by atoms with E-state index in [2.05, 4.69) is 15.8 Å². The Bertz CT molecular complexity index is 938. The summed E-state index contributed by atoms with van der Waals surface area (Å²) in [5, 5.41) is 4.05. The lowest BCUT2D eigenvalue weighted by Gasteiger charge is -2.18. The predicted molar refractivity (Wildman–Crippen MR) is 99.9 cm³/mol. The Balaban J connectivity index is 1.84. The SMILES string of the molecule is CONC(=O)C(Cc1c[nH]c2ccccc12)NC(=O)c1ccccc1Cl. The Hall–Kier alpha value is -2.83. The quantitative estimate of drug-likeness (QED) is 0.583. The molecule has 1 aromatic heterocycles. The van der Waals surface area contributed by atoms with Gasteiger partial charge in [-0.3, -0.25) is 14.4 Å². The lowest BCUT2D eigenvalue weighted by molar-refractivity contribution is -0.133. The van der Waals surface area contributed by atoms with Crippen LogP contribution < -0.4 is 10.8 Å². The average Bonchev–Trinajstić information content (AvgIpc) is 3.05. The number of aromatic amines is 1. The largest absolute Gasteiger partial charge is 0.361 e. The molecule has 0 spiro atoms. The molecule has 3 aromatic rings. The van der Waals surface area contributed by atoms with Crippen molar-refractivity contribution in [2.45, 2.75) is 12.5 Å². The standard InChI is InChI=1S/C19H18ClN3O3/c1-26-23-19(25)17(22-18(24)14-7-2-4-8-15(14)20)10-12-11-21-16-9-5-3-6-13(12)16/h2-9,11,17,21H,10H2,1H3,(H,22,24)(H,23,25). The van der Waals surface area contributed by atoms with Gasteiger partial charge in [0.05, 0.1) is 17.7 Å². The van der Waals surface area contributed by atoms with Gasteiger partial charge in [-0.2, -0.15) is 0 Å². The number of hydrogen-bond donors (Lipinski definition) is 3. The monoisotopic (exact) mass is 371 g/mol. The van der Waals surface area contributed by atoms with Gasteiger partial charge in [0.2, 0.25) is 0 Å². The van der Waals surface area contributed by atoms with E-state index in [-0.39, 0.29) is 0 Å². The summed E-state index contributed by atoms with van der Waals surface area (Å²) in [6.07, 6.45) is 2.13. The van der Waals surface area contributed by atoms with E-state index in [1.165, 1.54) is 7.11 Å². The lowest BCUT2D eigenvalue weighted by Crippen LogP contribution is -2.47. The van der Waals surface area contributed by atoms with Crippen LogP contribution in [0.5, 0.6) is 0 Å². The molecular formula is C19H18ClN3O3. The van der Waals surface area contributed by atoms with Crippen LogP contribution in [-0.4, -0.2) is 29.9 Å². The molecule has 1 heterocycles. The molecule has 2 amide bonds. The molecule has 0 aliphatic heterocycles. The first-order chi connectivity index (χ1) is 12.6. The van der Waals surface area contributed by atoms with Gasteiger partial charge in [0.25, 0.3) is 11.8 Å². The van der Waals surface area contributed by atoms with Gasteiger partial charge in [0, 0.05) is 23.5 Å². The van der Waals surface area contributed by atoms with Crippen LogP contribution in [0, 0.1) is 0 Å². The molecule has 1 atom stereocenters. The van der Waals surface area contributed by atoms with E-state index >= 15 is 0 Å². The van der Waals surface area contributed by atoms with Crippen molar-refractivity contribution < 1.29 is 14.4 Å². The number of carbonyl (C=O) groups is 2. The fourth-order valence-electron chi connectivity index (χ4n) is 2.78. The summed E-state index contributed by atoms with van der Waals surface area (Å²) >= 11 is 6.07. The molecule has 7 heteroatoms. The van der Waals surface area contributed by atoms with E-state index in [9.17, 15) is 9.59 Å². The number of para-hydroxylation sites is 1. The normalized spacial score (nSPS) is 11.9. The van der Waals surface area contributed by atoms with E-state index in [4.69, 9.17) is 16.4 Å². The van der Waals surface area contributed by atoms with Crippen molar-refractivity contribution in [1.82, 2.24) is 15.8 Å². The molecule has 26 heavy (non-hydrogen) atoms. The first-order valence-corrected chi connectivity index (χ1v) is 8.41. The summed E-state index contributed by atoms with van der Waals surface area (Å²) < 4.78 is 0. The topological polar surface area (TPSA) is 83.2 Å². The molecule has 1 unspecified atom stereocenters. The zero-order chi connectivity index (χ0) is 18.5. The molecule has 134 valence electrons. The zero-order valence-electron chi connectivity index (χ0n) is 14.1. The minimum atomic E-state index is -0.821. The first-order valence-electron chi connectivity index (χ1n) is 8.03. The third kappa shape index (κ3) is 3.87. The number of amides is 2. The molecule has 0 radical (unpaired) electrons. The number of halogens is 1. The fraction of sp³-hybridized carbons (Fsp3) is 0.158. The average molecular weight is 372 g/mol. The Morgan fingerprint density at radius 3 is 2.65 bits per heavy atom. The van der Waals surface area contributed by atoms with E-state index in [0.717, 1.165) is 16.5 Å². The molecule has 0 saturated heterocycles. The van der Waals surface area contributed by atoms with Crippen molar-refractivity contribution in [2.75, 3.05) is 7.11 Å². The van der Waals surface area contributed by atoms with Crippen molar-refractivity contribution in [2.24, 2.45) is 0 Å². The predicted octanol–water partition coefficient (Wildman–Crippen LogP) is 2.84. The van der Waals surface area contributed by atoms with Crippen LogP contribution in [0.25, 0.3) is 10.9 Å². The summed E-state index contributed by atoms with van der Waals surface area (Å²) in [4.78, 5) is 32.8. The van der Waals surface area contributed by atoms with Crippen LogP contribution in [0.15, 0.2) is 54.7 Å². The molecule has 6 nitrogen and oxygen atoms in total. The Kier molecular flexibility index (Phi) is 5.55. The number of nitrogens with one attached hydrogen (secondary N) is 3. The number of benzene rings is 2. The third-order valence-electron chi connectivity index (χ3n) is 4.04. The molecule has 3 rings (SSSR count). The molecule has 0 aliphatic rings. The smallest absolute Gasteiger partial charge is 0.266 e. The number of hydroxylamine groups is 1. The van der Waals surface area contributed by atoms with Gasteiger partial charge in [-0.25, -0.2) is 5.48 Å². The Labute approximate surface area is 155 Å². The van der Waals surface area contributed by atoms with Crippen molar-refractivity contribution in [3.8, 4) is 0 Å². The van der Waals surface area contributed by atoms with Gasteiger partial charge >= 0.3 is 0 Å². The second-order valence-corrected chi connectivity index (χ2v) is 6.15. The van der Waals surface area contributed by atoms with E-state index in [0.29, 0.717) is 17.0 Å². The van der Waals surface area contributed by atoms with Crippen molar-refractivity contribution >= 4 is 34.3 Å². The van der Waals surface area contributed by atoms with Crippen molar-refractivity contribution in [1.29, 1.82) is 0 Å². The van der Waals surface area contributed by atoms with Crippen LogP contribution in [0.2, 0.25) is 5.02 Å². The number of fused-ring (bicyclic) bond motifs is 1. The molecule has 3 N–H and O–H groups in total. The lowest BCUT2D eigenvalue weighted by atomic mass is 10.0. The molecule has 0 fully saturated rings. The van der Waals surface area contributed by atoms with Crippen LogP contribution in [0.3, 0.4) is 0 Å². The van der Waals surface area contributed by atoms with Gasteiger partial charge in [-0.15, -0.1) is 0 Å². The minimum absolute atomic E-state index is 0.301. The van der Waals surface area contributed by atoms with Crippen molar-refractivity contribution in [3.63, 3.8) is 0 Å². The number of carbonyl (C=O) groups excluding carboxylic acids is 2. The highest BCUT2D eigenvalue weighted by Gasteiger charge is 2.24. The van der Waals surface area contributed by atoms with Gasteiger partial charge in [-0.05, 0) is 23.8 Å². The molecule has 0 saturated carbocycles. The van der Waals surface area contributed by atoms with E-state index in [1.54, 1.807) is 24.3 Å². The number of H-pyrrole nitrogens is 1. The second kappa shape index (κ2) is 8.03. The molecule has 0 bridgehead atoms. The number of rotatable bonds is 6. The van der Waals surface area contributed by atoms with Gasteiger partial charge < -0.3 is 10.3 Å². The zero-order valence-corrected chi connectivity index (χ0v) is 14.8. The van der Waals surface area contributed by atoms with Crippen LogP contribution in [0.1, 0.15) is 15.9 Å². The van der Waals surface area contributed by atoms with Gasteiger partial charge in [0.1, 0.15) is 6.04 Å².